The molecule has 0 bridgehead atoms. The zero-order chi connectivity index (χ0) is 32.5. The SMILES string of the molecule is COc1cc(C2c3cc4c(cc3[C@@H](O)[C@H]3COC(=O)[C@H]23)OCO4)cc(OC)c1OP(=O)(OCc1ccccc1)OCc1ccccc1. The summed E-state index contributed by atoms with van der Waals surface area (Å²) < 4.78 is 60.2. The lowest BCUT2D eigenvalue weighted by Crippen LogP contribution is -2.34. The number of hydrogen-bond acceptors (Lipinski definition) is 11. The zero-order valence-electron chi connectivity index (χ0n) is 25.7. The van der Waals surface area contributed by atoms with Crippen molar-refractivity contribution in [2.75, 3.05) is 27.6 Å². The molecular weight excluding hydrogens is 627 g/mol. The van der Waals surface area contributed by atoms with Gasteiger partial charge in [-0.05, 0) is 52.1 Å². The van der Waals surface area contributed by atoms with Gasteiger partial charge in [0.2, 0.25) is 12.5 Å². The summed E-state index contributed by atoms with van der Waals surface area (Å²) in [7, 11) is -1.42. The third kappa shape index (κ3) is 6.03. The van der Waals surface area contributed by atoms with Crippen molar-refractivity contribution in [3.05, 3.63) is 113 Å². The molecule has 4 atom stereocenters. The highest BCUT2D eigenvalue weighted by molar-refractivity contribution is 7.48. The Labute approximate surface area is 271 Å². The van der Waals surface area contributed by atoms with Crippen LogP contribution in [0.3, 0.4) is 0 Å². The van der Waals surface area contributed by atoms with Gasteiger partial charge in [-0.3, -0.25) is 13.8 Å². The first-order chi connectivity index (χ1) is 22.9. The Morgan fingerprint density at radius 1 is 0.787 bits per heavy atom. The van der Waals surface area contributed by atoms with Crippen molar-refractivity contribution in [1.82, 2.24) is 0 Å². The predicted molar refractivity (Wildman–Crippen MR) is 168 cm³/mol. The molecule has 4 aromatic carbocycles. The van der Waals surface area contributed by atoms with E-state index in [1.54, 1.807) is 24.3 Å². The number of rotatable bonds is 11. The first kappa shape index (κ1) is 31.1. The third-order valence-electron chi connectivity index (χ3n) is 8.66. The van der Waals surface area contributed by atoms with Gasteiger partial charge in [0.25, 0.3) is 0 Å². The van der Waals surface area contributed by atoms with E-state index < -0.39 is 37.6 Å². The van der Waals surface area contributed by atoms with E-state index in [9.17, 15) is 14.5 Å². The minimum Gasteiger partial charge on any atom is -0.493 e. The summed E-state index contributed by atoms with van der Waals surface area (Å²) in [5.41, 5.74) is 3.46. The molecule has 3 aliphatic rings. The van der Waals surface area contributed by atoms with E-state index in [1.165, 1.54) is 14.2 Å². The zero-order valence-corrected chi connectivity index (χ0v) is 26.6. The molecule has 1 N–H and O–H groups in total. The number of methoxy groups -OCH3 is 2. The van der Waals surface area contributed by atoms with Crippen LogP contribution in [0.15, 0.2) is 84.9 Å². The highest BCUT2D eigenvalue weighted by Crippen LogP contribution is 2.58. The van der Waals surface area contributed by atoms with E-state index >= 15 is 0 Å². The average Bonchev–Trinajstić information content (AvgIpc) is 3.73. The smallest absolute Gasteiger partial charge is 0.493 e. The Kier molecular flexibility index (Phi) is 8.55. The standard InChI is InChI=1S/C35H33O11P/c1-39-29-13-23(31-24-15-27-28(43-20-42-27)16-25(24)33(36)26-19-41-35(37)32(26)31)14-30(40-2)34(29)46-47(38,44-17-21-9-5-3-6-10-21)45-18-22-11-7-4-8-12-22/h3-16,26,31-33,36H,17-20H2,1-2H3/t26-,31?,32-,33+/m0/s1. The van der Waals surface area contributed by atoms with Gasteiger partial charge < -0.3 is 33.3 Å². The number of ether oxygens (including phenoxy) is 5. The minimum absolute atomic E-state index is 0.00416. The summed E-state index contributed by atoms with van der Waals surface area (Å²) >= 11 is 0. The van der Waals surface area contributed by atoms with Crippen molar-refractivity contribution in [3.8, 4) is 28.7 Å². The fourth-order valence-electron chi connectivity index (χ4n) is 6.36. The van der Waals surface area contributed by atoms with Crippen LogP contribution >= 0.6 is 7.82 Å². The molecule has 0 radical (unpaired) electrons. The van der Waals surface area contributed by atoms with Gasteiger partial charge in [0, 0.05) is 11.8 Å². The van der Waals surface area contributed by atoms with Crippen LogP contribution in [-0.2, 0) is 36.4 Å². The molecule has 1 aliphatic carbocycles. The number of cyclic esters (lactones) is 1. The fourth-order valence-corrected chi connectivity index (χ4v) is 7.56. The minimum atomic E-state index is -4.30. The van der Waals surface area contributed by atoms with E-state index in [4.69, 9.17) is 37.3 Å². The van der Waals surface area contributed by atoms with E-state index in [0.29, 0.717) is 28.2 Å². The van der Waals surface area contributed by atoms with Gasteiger partial charge in [0.15, 0.2) is 23.0 Å². The number of benzene rings is 4. The second-order valence-electron chi connectivity index (χ2n) is 11.4. The number of phosphoric ester groups is 1. The molecule has 0 spiro atoms. The molecule has 1 fully saturated rings. The highest BCUT2D eigenvalue weighted by Gasteiger charge is 2.52. The maximum absolute atomic E-state index is 14.3. The normalized spacial score (nSPS) is 21.0. The van der Waals surface area contributed by atoms with Crippen molar-refractivity contribution in [1.29, 1.82) is 0 Å². The van der Waals surface area contributed by atoms with Crippen molar-refractivity contribution in [3.63, 3.8) is 0 Å². The number of carbonyl (C=O) groups is 1. The Morgan fingerprint density at radius 2 is 1.34 bits per heavy atom. The molecule has 4 aromatic rings. The largest absolute Gasteiger partial charge is 0.530 e. The van der Waals surface area contributed by atoms with Gasteiger partial charge in [0.1, 0.15) is 0 Å². The van der Waals surface area contributed by atoms with Crippen molar-refractivity contribution in [2.24, 2.45) is 11.8 Å². The predicted octanol–water partition coefficient (Wildman–Crippen LogP) is 6.32. The molecule has 0 aromatic heterocycles. The Hall–Kier alpha value is -4.54. The molecule has 1 saturated heterocycles. The lowest BCUT2D eigenvalue weighted by molar-refractivity contribution is -0.141. The van der Waals surface area contributed by atoms with Crippen LogP contribution in [-0.4, -0.2) is 38.7 Å². The van der Waals surface area contributed by atoms with Gasteiger partial charge in [-0.2, -0.15) is 0 Å². The fraction of sp³-hybridized carbons (Fsp3) is 0.286. The summed E-state index contributed by atoms with van der Waals surface area (Å²) in [6.07, 6.45) is -0.951. The maximum Gasteiger partial charge on any atom is 0.530 e. The number of phosphoric acid groups is 1. The summed E-state index contributed by atoms with van der Waals surface area (Å²) in [6, 6.07) is 25.4. The lowest BCUT2D eigenvalue weighted by atomic mass is 9.66. The van der Waals surface area contributed by atoms with Crippen LogP contribution in [0.2, 0.25) is 0 Å². The molecule has 0 saturated carbocycles. The molecule has 12 heteroatoms. The summed E-state index contributed by atoms with van der Waals surface area (Å²) in [5.74, 6) is -0.827. The van der Waals surface area contributed by atoms with Gasteiger partial charge in [-0.1, -0.05) is 60.7 Å². The Balaban J connectivity index is 1.27. The first-order valence-corrected chi connectivity index (χ1v) is 16.5. The Bertz CT molecular complexity index is 1740. The summed E-state index contributed by atoms with van der Waals surface area (Å²) in [5, 5.41) is 11.3. The topological polar surface area (TPSA) is 128 Å². The van der Waals surface area contributed by atoms with Crippen LogP contribution in [0.5, 0.6) is 28.7 Å². The lowest BCUT2D eigenvalue weighted by Gasteiger charge is -2.37. The summed E-state index contributed by atoms with van der Waals surface area (Å²) in [6.45, 7) is 0.0434. The molecule has 0 amide bonds. The number of fused-ring (bicyclic) bond motifs is 3. The monoisotopic (exact) mass is 660 g/mol. The van der Waals surface area contributed by atoms with Gasteiger partial charge in [0.05, 0.1) is 46.1 Å². The van der Waals surface area contributed by atoms with Crippen LogP contribution in [0, 0.1) is 11.8 Å². The molecular formula is C35H33O11P. The van der Waals surface area contributed by atoms with E-state index in [-0.39, 0.29) is 43.9 Å². The molecule has 7 rings (SSSR count). The van der Waals surface area contributed by atoms with Gasteiger partial charge >= 0.3 is 13.8 Å². The number of hydrogen-bond donors (Lipinski definition) is 1. The van der Waals surface area contributed by atoms with Crippen molar-refractivity contribution in [2.45, 2.75) is 25.2 Å². The van der Waals surface area contributed by atoms with Crippen LogP contribution in [0.4, 0.5) is 0 Å². The van der Waals surface area contributed by atoms with Crippen LogP contribution in [0.25, 0.3) is 0 Å². The first-order valence-electron chi connectivity index (χ1n) is 15.1. The molecule has 1 unspecified atom stereocenters. The van der Waals surface area contributed by atoms with E-state index in [1.807, 2.05) is 60.7 Å². The van der Waals surface area contributed by atoms with Crippen molar-refractivity contribution < 1.29 is 51.7 Å². The van der Waals surface area contributed by atoms with E-state index in [0.717, 1.165) is 11.1 Å². The van der Waals surface area contributed by atoms with Crippen molar-refractivity contribution >= 4 is 13.8 Å². The molecule has 11 nitrogen and oxygen atoms in total. The number of aliphatic hydroxyl groups excluding tert-OH is 1. The second kappa shape index (κ2) is 12.9. The molecule has 244 valence electrons. The van der Waals surface area contributed by atoms with E-state index in [2.05, 4.69) is 0 Å². The van der Waals surface area contributed by atoms with Crippen LogP contribution in [0.1, 0.15) is 39.8 Å². The molecule has 47 heavy (non-hydrogen) atoms. The quantitative estimate of drug-likeness (QED) is 0.143. The maximum atomic E-state index is 14.3. The highest BCUT2D eigenvalue weighted by atomic mass is 31.2. The number of carbonyl (C=O) groups excluding carboxylic acids is 1. The Morgan fingerprint density at radius 3 is 1.89 bits per heavy atom. The average molecular weight is 661 g/mol. The summed E-state index contributed by atoms with van der Waals surface area (Å²) in [4.78, 5) is 13.2. The molecule has 2 heterocycles. The van der Waals surface area contributed by atoms with Gasteiger partial charge in [-0.15, -0.1) is 0 Å². The second-order valence-corrected chi connectivity index (χ2v) is 13.0. The molecule has 2 aliphatic heterocycles. The number of aliphatic hydroxyl groups is 1. The number of esters is 1. The third-order valence-corrected chi connectivity index (χ3v) is 9.95. The van der Waals surface area contributed by atoms with Gasteiger partial charge in [-0.25, -0.2) is 4.57 Å². The van der Waals surface area contributed by atoms with Crippen LogP contribution < -0.4 is 23.5 Å².